The van der Waals surface area contributed by atoms with Crippen LogP contribution in [0.3, 0.4) is 0 Å². The Bertz CT molecular complexity index is 650. The predicted molar refractivity (Wildman–Crippen MR) is 85.1 cm³/mol. The summed E-state index contributed by atoms with van der Waals surface area (Å²) < 4.78 is 0. The minimum atomic E-state index is 0.161. The fraction of sp³-hybridized carbons (Fsp3) is 0.375. The van der Waals surface area contributed by atoms with Crippen molar-refractivity contribution in [2.45, 2.75) is 19.3 Å². The van der Waals surface area contributed by atoms with Crippen molar-refractivity contribution in [2.24, 2.45) is 0 Å². The number of piperidine rings is 1. The van der Waals surface area contributed by atoms with Crippen molar-refractivity contribution in [3.8, 4) is 0 Å². The van der Waals surface area contributed by atoms with Crippen molar-refractivity contribution in [3.05, 3.63) is 30.6 Å². The zero-order valence-electron chi connectivity index (χ0n) is 12.0. The molecule has 1 fully saturated rings. The van der Waals surface area contributed by atoms with Crippen LogP contribution in [0.5, 0.6) is 0 Å². The molecule has 0 unspecified atom stereocenters. The molecule has 0 spiro atoms. The third-order valence-corrected chi connectivity index (χ3v) is 3.99. The molecule has 0 aliphatic carbocycles. The molecule has 1 aliphatic rings. The van der Waals surface area contributed by atoms with E-state index in [9.17, 15) is 4.79 Å². The normalized spacial score (nSPS) is 15.1. The first-order valence-corrected chi connectivity index (χ1v) is 7.39. The van der Waals surface area contributed by atoms with E-state index in [-0.39, 0.29) is 5.91 Å². The van der Waals surface area contributed by atoms with Crippen molar-refractivity contribution in [1.29, 1.82) is 0 Å². The van der Waals surface area contributed by atoms with Crippen LogP contribution < -0.4 is 11.1 Å². The summed E-state index contributed by atoms with van der Waals surface area (Å²) in [6.45, 7) is 2.08. The lowest BCUT2D eigenvalue weighted by atomic mass is 10.1. The minimum Gasteiger partial charge on any atom is -0.398 e. The van der Waals surface area contributed by atoms with Gasteiger partial charge in [-0.3, -0.25) is 9.78 Å². The van der Waals surface area contributed by atoms with E-state index in [0.717, 1.165) is 42.4 Å². The number of hydrogen-bond donors (Lipinski definition) is 2. The molecule has 0 atom stereocenters. The Morgan fingerprint density at radius 3 is 2.81 bits per heavy atom. The van der Waals surface area contributed by atoms with Crippen LogP contribution in [-0.4, -0.2) is 35.4 Å². The number of rotatable bonds is 3. The molecule has 5 heteroatoms. The van der Waals surface area contributed by atoms with E-state index >= 15 is 0 Å². The van der Waals surface area contributed by atoms with Gasteiger partial charge in [0.1, 0.15) is 0 Å². The van der Waals surface area contributed by atoms with Crippen LogP contribution in [0.15, 0.2) is 30.6 Å². The number of benzene rings is 1. The number of nitrogens with one attached hydrogen (secondary N) is 1. The third kappa shape index (κ3) is 2.91. The summed E-state index contributed by atoms with van der Waals surface area (Å²) in [7, 11) is 0. The molecular formula is C16H20N4O. The largest absolute Gasteiger partial charge is 0.398 e. The lowest BCUT2D eigenvalue weighted by Gasteiger charge is -2.27. The summed E-state index contributed by atoms with van der Waals surface area (Å²) in [6, 6.07) is 5.68. The molecular weight excluding hydrogens is 264 g/mol. The van der Waals surface area contributed by atoms with Gasteiger partial charge >= 0.3 is 0 Å². The van der Waals surface area contributed by atoms with Crippen molar-refractivity contribution in [3.63, 3.8) is 0 Å². The van der Waals surface area contributed by atoms with Crippen LogP contribution in [-0.2, 0) is 4.79 Å². The first-order valence-electron chi connectivity index (χ1n) is 7.39. The van der Waals surface area contributed by atoms with Gasteiger partial charge in [0.05, 0.1) is 6.54 Å². The second-order valence-corrected chi connectivity index (χ2v) is 5.42. The highest BCUT2D eigenvalue weighted by molar-refractivity contribution is 6.01. The average Bonchev–Trinajstić information content (AvgIpc) is 2.55. The summed E-state index contributed by atoms with van der Waals surface area (Å²) >= 11 is 0. The van der Waals surface area contributed by atoms with Gasteiger partial charge in [-0.15, -0.1) is 0 Å². The van der Waals surface area contributed by atoms with E-state index in [2.05, 4.69) is 10.3 Å². The molecule has 2 heterocycles. The molecule has 3 rings (SSSR count). The van der Waals surface area contributed by atoms with E-state index in [4.69, 9.17) is 5.73 Å². The number of nitrogen functional groups attached to an aromatic ring is 1. The number of nitrogens with zero attached hydrogens (tertiary/aromatic N) is 2. The number of carbonyl (C=O) groups excluding carboxylic acids is 1. The topological polar surface area (TPSA) is 71.2 Å². The molecule has 21 heavy (non-hydrogen) atoms. The maximum absolute atomic E-state index is 12.2. The highest BCUT2D eigenvalue weighted by Crippen LogP contribution is 2.27. The molecule has 0 bridgehead atoms. The van der Waals surface area contributed by atoms with Crippen LogP contribution in [0.2, 0.25) is 0 Å². The number of anilines is 2. The Kier molecular flexibility index (Phi) is 3.90. The minimum absolute atomic E-state index is 0.161. The van der Waals surface area contributed by atoms with Gasteiger partial charge in [-0.2, -0.15) is 0 Å². The van der Waals surface area contributed by atoms with Crippen LogP contribution in [0.25, 0.3) is 10.8 Å². The SMILES string of the molecule is Nc1ccc(NCC(=O)N2CCCCC2)c2ccncc12. The van der Waals surface area contributed by atoms with Gasteiger partial charge < -0.3 is 16.0 Å². The number of aromatic nitrogens is 1. The van der Waals surface area contributed by atoms with Crippen LogP contribution in [0.4, 0.5) is 11.4 Å². The zero-order valence-corrected chi connectivity index (χ0v) is 12.0. The Balaban J connectivity index is 1.73. The van der Waals surface area contributed by atoms with Gasteiger partial charge in [0.2, 0.25) is 5.91 Å². The maximum Gasteiger partial charge on any atom is 0.241 e. The van der Waals surface area contributed by atoms with Crippen LogP contribution in [0, 0.1) is 0 Å². The number of hydrogen-bond acceptors (Lipinski definition) is 4. The molecule has 0 radical (unpaired) electrons. The third-order valence-electron chi connectivity index (χ3n) is 3.99. The highest BCUT2D eigenvalue weighted by Gasteiger charge is 2.16. The van der Waals surface area contributed by atoms with Crippen molar-refractivity contribution < 1.29 is 4.79 Å². The average molecular weight is 284 g/mol. The lowest BCUT2D eigenvalue weighted by molar-refractivity contribution is -0.130. The molecule has 5 nitrogen and oxygen atoms in total. The number of amides is 1. The van der Waals surface area contributed by atoms with Gasteiger partial charge in [0.15, 0.2) is 0 Å². The molecule has 110 valence electrons. The molecule has 1 amide bonds. The van der Waals surface area contributed by atoms with Crippen molar-refractivity contribution in [2.75, 3.05) is 30.7 Å². The summed E-state index contributed by atoms with van der Waals surface area (Å²) in [5, 5.41) is 5.14. The standard InChI is InChI=1S/C16H20N4O/c17-14-4-5-15(12-6-7-18-10-13(12)14)19-11-16(21)20-8-2-1-3-9-20/h4-7,10,19H,1-3,8-9,11,17H2. The lowest BCUT2D eigenvalue weighted by Crippen LogP contribution is -2.39. The Labute approximate surface area is 124 Å². The van der Waals surface area contributed by atoms with Crippen molar-refractivity contribution in [1.82, 2.24) is 9.88 Å². The van der Waals surface area contributed by atoms with Gasteiger partial charge in [0, 0.05) is 47.6 Å². The Morgan fingerprint density at radius 2 is 2.00 bits per heavy atom. The first kappa shape index (κ1) is 13.7. The number of carbonyl (C=O) groups is 1. The zero-order chi connectivity index (χ0) is 14.7. The fourth-order valence-corrected chi connectivity index (χ4v) is 2.79. The van der Waals surface area contributed by atoms with Crippen LogP contribution in [0.1, 0.15) is 19.3 Å². The molecule has 1 saturated heterocycles. The molecule has 1 aliphatic heterocycles. The first-order chi connectivity index (χ1) is 10.3. The second-order valence-electron chi connectivity index (χ2n) is 5.42. The molecule has 1 aromatic heterocycles. The van der Waals surface area contributed by atoms with E-state index in [1.807, 2.05) is 23.1 Å². The van der Waals surface area contributed by atoms with E-state index in [1.165, 1.54) is 6.42 Å². The van der Waals surface area contributed by atoms with E-state index in [1.54, 1.807) is 12.4 Å². The molecule has 2 aromatic rings. The Morgan fingerprint density at radius 1 is 1.19 bits per heavy atom. The summed E-state index contributed by atoms with van der Waals surface area (Å²) in [6.07, 6.45) is 6.94. The molecule has 0 saturated carbocycles. The second kappa shape index (κ2) is 5.99. The fourth-order valence-electron chi connectivity index (χ4n) is 2.79. The smallest absolute Gasteiger partial charge is 0.241 e. The molecule has 1 aromatic carbocycles. The quantitative estimate of drug-likeness (QED) is 0.848. The van der Waals surface area contributed by atoms with Crippen molar-refractivity contribution >= 4 is 28.1 Å². The predicted octanol–water partition coefficient (Wildman–Crippen LogP) is 2.24. The number of pyridine rings is 1. The van der Waals surface area contributed by atoms with Gasteiger partial charge in [-0.1, -0.05) is 0 Å². The summed E-state index contributed by atoms with van der Waals surface area (Å²) in [5.41, 5.74) is 7.58. The van der Waals surface area contributed by atoms with Gasteiger partial charge in [-0.25, -0.2) is 0 Å². The number of likely N-dealkylation sites (tertiary alicyclic amines) is 1. The van der Waals surface area contributed by atoms with Gasteiger partial charge in [0.25, 0.3) is 0 Å². The maximum atomic E-state index is 12.2. The number of fused-ring (bicyclic) bond motifs is 1. The van der Waals surface area contributed by atoms with E-state index in [0.29, 0.717) is 12.2 Å². The Hall–Kier alpha value is -2.30. The van der Waals surface area contributed by atoms with Crippen LogP contribution >= 0.6 is 0 Å². The van der Waals surface area contributed by atoms with Gasteiger partial charge in [-0.05, 0) is 37.5 Å². The number of nitrogens with two attached hydrogens (primary N) is 1. The molecule has 3 N–H and O–H groups in total. The highest BCUT2D eigenvalue weighted by atomic mass is 16.2. The monoisotopic (exact) mass is 284 g/mol. The summed E-state index contributed by atoms with van der Waals surface area (Å²) in [4.78, 5) is 18.2. The van der Waals surface area contributed by atoms with E-state index < -0.39 is 0 Å². The summed E-state index contributed by atoms with van der Waals surface area (Å²) in [5.74, 6) is 0.161.